The molecule has 0 radical (unpaired) electrons. The lowest BCUT2D eigenvalue weighted by molar-refractivity contribution is -0.133. The van der Waals surface area contributed by atoms with Crippen molar-refractivity contribution in [3.05, 3.63) is 46.2 Å². The molecule has 0 saturated carbocycles. The average Bonchev–Trinajstić information content (AvgIpc) is 2.74. The first-order valence-electron chi connectivity index (χ1n) is 5.96. The van der Waals surface area contributed by atoms with Crippen LogP contribution >= 0.6 is 11.3 Å². The first-order chi connectivity index (χ1) is 8.69. The van der Waals surface area contributed by atoms with E-state index in [0.717, 1.165) is 16.2 Å². The number of benzene rings is 1. The van der Waals surface area contributed by atoms with Gasteiger partial charge < -0.3 is 0 Å². The molecule has 0 aliphatic carbocycles. The van der Waals surface area contributed by atoms with Gasteiger partial charge in [0.05, 0.1) is 0 Å². The first-order valence-corrected chi connectivity index (χ1v) is 6.78. The highest BCUT2D eigenvalue weighted by Crippen LogP contribution is 2.45. The maximum absolute atomic E-state index is 13.1. The fourth-order valence-electron chi connectivity index (χ4n) is 1.80. The Morgan fingerprint density at radius 3 is 2.00 bits per heavy atom. The van der Waals surface area contributed by atoms with Crippen molar-refractivity contribution in [2.75, 3.05) is 0 Å². The minimum Gasteiger partial charge on any atom is -0.165 e. The van der Waals surface area contributed by atoms with Crippen LogP contribution in [0.25, 0.3) is 11.1 Å². The third-order valence-electron chi connectivity index (χ3n) is 2.81. The number of hydrogen-bond acceptors (Lipinski definition) is 1. The second-order valence-corrected chi connectivity index (χ2v) is 6.52. The molecule has 0 aliphatic rings. The Balaban J connectivity index is 2.63. The monoisotopic (exact) mass is 284 g/mol. The van der Waals surface area contributed by atoms with E-state index in [0.29, 0.717) is 5.56 Å². The average molecular weight is 284 g/mol. The third kappa shape index (κ3) is 3.00. The maximum atomic E-state index is 13.1. The van der Waals surface area contributed by atoms with E-state index in [1.54, 1.807) is 36.4 Å². The van der Waals surface area contributed by atoms with Crippen LogP contribution in [0.2, 0.25) is 0 Å². The van der Waals surface area contributed by atoms with Gasteiger partial charge in [-0.3, -0.25) is 0 Å². The van der Waals surface area contributed by atoms with Crippen molar-refractivity contribution in [2.24, 2.45) is 0 Å². The molecule has 0 N–H and O–H groups in total. The molecule has 102 valence electrons. The van der Waals surface area contributed by atoms with Gasteiger partial charge in [0, 0.05) is 10.4 Å². The molecule has 1 aromatic carbocycles. The molecule has 0 amide bonds. The Morgan fingerprint density at radius 2 is 1.53 bits per heavy atom. The summed E-state index contributed by atoms with van der Waals surface area (Å²) in [7, 11) is 0. The summed E-state index contributed by atoms with van der Waals surface area (Å²) in [4.78, 5) is 0.238. The first kappa shape index (κ1) is 14.1. The van der Waals surface area contributed by atoms with E-state index < -0.39 is 11.1 Å². The molecule has 0 fully saturated rings. The Hall–Kier alpha value is -1.29. The number of rotatable bonds is 1. The fourth-order valence-corrected chi connectivity index (χ4v) is 2.91. The van der Waals surface area contributed by atoms with E-state index in [4.69, 9.17) is 0 Å². The molecule has 4 heteroatoms. The van der Waals surface area contributed by atoms with Crippen molar-refractivity contribution < 1.29 is 13.2 Å². The van der Waals surface area contributed by atoms with Crippen molar-refractivity contribution in [1.82, 2.24) is 0 Å². The molecule has 1 heterocycles. The number of halogens is 3. The molecule has 0 spiro atoms. The predicted octanol–water partition coefficient (Wildman–Crippen LogP) is 5.73. The largest absolute Gasteiger partial charge is 0.426 e. The topological polar surface area (TPSA) is 0 Å². The second kappa shape index (κ2) is 4.67. The van der Waals surface area contributed by atoms with Crippen molar-refractivity contribution in [3.63, 3.8) is 0 Å². The van der Waals surface area contributed by atoms with E-state index in [9.17, 15) is 13.2 Å². The quantitative estimate of drug-likeness (QED) is 0.627. The van der Waals surface area contributed by atoms with Crippen molar-refractivity contribution >= 4 is 11.3 Å². The lowest BCUT2D eigenvalue weighted by Crippen LogP contribution is -2.08. The zero-order chi connectivity index (χ0) is 14.3. The molecule has 0 nitrogen and oxygen atoms in total. The normalized spacial score (nSPS) is 12.7. The van der Waals surface area contributed by atoms with Crippen molar-refractivity contribution in [3.8, 4) is 11.1 Å². The molecule has 0 bridgehead atoms. The molecule has 0 unspecified atom stereocenters. The summed E-state index contributed by atoms with van der Waals surface area (Å²) in [6.45, 7) is 5.77. The SMILES string of the molecule is CC(C)(C)c1cc(-c2ccccc2)c(C(F)(F)F)s1. The Kier molecular flexibility index (Phi) is 3.47. The molecular formula is C15H15F3S. The highest BCUT2D eigenvalue weighted by Gasteiger charge is 2.37. The fraction of sp³-hybridized carbons (Fsp3) is 0.333. The van der Waals surface area contributed by atoms with Gasteiger partial charge in [-0.05, 0) is 17.0 Å². The number of hydrogen-bond donors (Lipinski definition) is 0. The predicted molar refractivity (Wildman–Crippen MR) is 73.5 cm³/mol. The van der Waals surface area contributed by atoms with Gasteiger partial charge in [-0.1, -0.05) is 51.1 Å². The van der Waals surface area contributed by atoms with Crippen LogP contribution < -0.4 is 0 Å². The molecule has 0 aliphatic heterocycles. The minimum absolute atomic E-state index is 0.280. The highest BCUT2D eigenvalue weighted by atomic mass is 32.1. The molecular weight excluding hydrogens is 269 g/mol. The van der Waals surface area contributed by atoms with Gasteiger partial charge in [-0.25, -0.2) is 0 Å². The van der Waals surface area contributed by atoms with Gasteiger partial charge in [0.1, 0.15) is 4.88 Å². The van der Waals surface area contributed by atoms with Crippen LogP contribution in [0.5, 0.6) is 0 Å². The summed E-state index contributed by atoms with van der Waals surface area (Å²) in [6.07, 6.45) is -4.31. The zero-order valence-electron chi connectivity index (χ0n) is 11.0. The minimum atomic E-state index is -4.31. The van der Waals surface area contributed by atoms with Crippen LogP contribution in [0.3, 0.4) is 0 Å². The van der Waals surface area contributed by atoms with Crippen LogP contribution in [-0.2, 0) is 11.6 Å². The molecule has 0 saturated heterocycles. The Bertz CT molecular complexity index is 559. The van der Waals surface area contributed by atoms with Crippen LogP contribution in [0.15, 0.2) is 36.4 Å². The van der Waals surface area contributed by atoms with Crippen molar-refractivity contribution in [2.45, 2.75) is 32.4 Å². The zero-order valence-corrected chi connectivity index (χ0v) is 11.8. The van der Waals surface area contributed by atoms with Gasteiger partial charge >= 0.3 is 6.18 Å². The molecule has 19 heavy (non-hydrogen) atoms. The summed E-state index contributed by atoms with van der Waals surface area (Å²) in [5.41, 5.74) is 0.613. The summed E-state index contributed by atoms with van der Waals surface area (Å²) in [5.74, 6) is 0. The Morgan fingerprint density at radius 1 is 0.947 bits per heavy atom. The summed E-state index contributed by atoms with van der Waals surface area (Å²) in [6, 6.07) is 10.4. The van der Waals surface area contributed by atoms with E-state index in [1.165, 1.54) is 0 Å². The second-order valence-electron chi connectivity index (χ2n) is 5.47. The van der Waals surface area contributed by atoms with Crippen LogP contribution in [0.1, 0.15) is 30.5 Å². The highest BCUT2D eigenvalue weighted by molar-refractivity contribution is 7.12. The Labute approximate surface area is 114 Å². The van der Waals surface area contributed by atoms with E-state index in [-0.39, 0.29) is 11.0 Å². The van der Waals surface area contributed by atoms with Gasteiger partial charge in [0.2, 0.25) is 0 Å². The maximum Gasteiger partial charge on any atom is 0.426 e. The third-order valence-corrected chi connectivity index (χ3v) is 4.42. The molecule has 2 aromatic rings. The van der Waals surface area contributed by atoms with Crippen LogP contribution in [-0.4, -0.2) is 0 Å². The van der Waals surface area contributed by atoms with Gasteiger partial charge in [-0.2, -0.15) is 13.2 Å². The van der Waals surface area contributed by atoms with E-state index in [1.807, 2.05) is 20.8 Å². The summed E-state index contributed by atoms with van der Waals surface area (Å²) >= 11 is 0.843. The van der Waals surface area contributed by atoms with Gasteiger partial charge in [0.25, 0.3) is 0 Å². The van der Waals surface area contributed by atoms with Gasteiger partial charge in [-0.15, -0.1) is 11.3 Å². The van der Waals surface area contributed by atoms with Gasteiger partial charge in [0.15, 0.2) is 0 Å². The standard InChI is InChI=1S/C15H15F3S/c1-14(2,3)12-9-11(10-7-5-4-6-8-10)13(19-12)15(16,17)18/h4-9H,1-3H3. The number of thiophene rings is 1. The van der Waals surface area contributed by atoms with Crippen LogP contribution in [0, 0.1) is 0 Å². The van der Waals surface area contributed by atoms with E-state index in [2.05, 4.69) is 0 Å². The lowest BCUT2D eigenvalue weighted by atomic mass is 9.93. The molecule has 0 atom stereocenters. The molecule has 2 rings (SSSR count). The summed E-state index contributed by atoms with van der Waals surface area (Å²) in [5, 5.41) is 0. The van der Waals surface area contributed by atoms with Crippen molar-refractivity contribution in [1.29, 1.82) is 0 Å². The van der Waals surface area contributed by atoms with E-state index >= 15 is 0 Å². The smallest absolute Gasteiger partial charge is 0.165 e. The lowest BCUT2D eigenvalue weighted by Gasteiger charge is -2.15. The summed E-state index contributed by atoms with van der Waals surface area (Å²) < 4.78 is 39.4. The number of alkyl halides is 3. The molecule has 1 aromatic heterocycles. The van der Waals surface area contributed by atoms with Crippen LogP contribution in [0.4, 0.5) is 13.2 Å².